The summed E-state index contributed by atoms with van der Waals surface area (Å²) >= 11 is 6.50. The van der Waals surface area contributed by atoms with Crippen molar-refractivity contribution in [1.29, 1.82) is 0 Å². The van der Waals surface area contributed by atoms with Gasteiger partial charge in [0, 0.05) is 41.2 Å². The second-order valence-electron chi connectivity index (χ2n) is 10.6. The summed E-state index contributed by atoms with van der Waals surface area (Å²) in [6.07, 6.45) is 0.357. The number of carbonyl (C=O) groups excluding carboxylic acids is 2. The zero-order chi connectivity index (χ0) is 30.6. The fraction of sp³-hybridized carbons (Fsp3) is 0.226. The van der Waals surface area contributed by atoms with E-state index in [0.29, 0.717) is 34.4 Å². The first-order valence-electron chi connectivity index (χ1n) is 13.3. The monoisotopic (exact) mass is 612 g/mol. The molecule has 43 heavy (non-hydrogen) atoms. The Morgan fingerprint density at radius 1 is 1.09 bits per heavy atom. The smallest absolute Gasteiger partial charge is 0.378 e. The molecular formula is C31H22ClF5N4O2. The van der Waals surface area contributed by atoms with Crippen molar-refractivity contribution in [2.45, 2.75) is 37.4 Å². The molecule has 2 aliphatic rings. The lowest BCUT2D eigenvalue weighted by atomic mass is 9.79. The molecule has 220 valence electrons. The quantitative estimate of drug-likeness (QED) is 0.196. The molecule has 1 aromatic heterocycles. The van der Waals surface area contributed by atoms with E-state index >= 15 is 4.39 Å². The van der Waals surface area contributed by atoms with E-state index < -0.39 is 46.3 Å². The van der Waals surface area contributed by atoms with E-state index in [1.165, 1.54) is 12.1 Å². The number of halogens is 6. The normalized spacial score (nSPS) is 16.7. The Balaban J connectivity index is 1.70. The largest absolute Gasteiger partial charge is 0.416 e. The van der Waals surface area contributed by atoms with E-state index in [0.717, 1.165) is 18.9 Å². The van der Waals surface area contributed by atoms with Gasteiger partial charge in [0.15, 0.2) is 0 Å². The maximum absolute atomic E-state index is 15.9. The van der Waals surface area contributed by atoms with Gasteiger partial charge in [-0.3, -0.25) is 9.48 Å². The number of nitrogens with two attached hydrogens (primary N) is 1. The lowest BCUT2D eigenvalue weighted by molar-refractivity contribution is -0.137. The molecule has 1 aliphatic carbocycles. The third kappa shape index (κ3) is 5.42. The molecule has 1 aliphatic heterocycles. The van der Waals surface area contributed by atoms with E-state index in [2.05, 4.69) is 10.4 Å². The number of primary amides is 1. The highest BCUT2D eigenvalue weighted by Crippen LogP contribution is 2.45. The van der Waals surface area contributed by atoms with Crippen LogP contribution in [0.15, 0.2) is 60.6 Å². The summed E-state index contributed by atoms with van der Waals surface area (Å²) in [7, 11) is 0. The van der Waals surface area contributed by atoms with Gasteiger partial charge in [-0.05, 0) is 77.1 Å². The van der Waals surface area contributed by atoms with E-state index in [-0.39, 0.29) is 40.9 Å². The van der Waals surface area contributed by atoms with Crippen molar-refractivity contribution in [3.63, 3.8) is 0 Å². The number of nitrogens with one attached hydrogen (secondary N) is 1. The highest BCUT2D eigenvalue weighted by molar-refractivity contribution is 6.31. The molecule has 4 aromatic rings. The van der Waals surface area contributed by atoms with Crippen LogP contribution in [0.4, 0.5) is 22.0 Å². The zero-order valence-corrected chi connectivity index (χ0v) is 23.0. The number of rotatable bonds is 5. The molecule has 0 spiro atoms. The minimum Gasteiger partial charge on any atom is -0.378 e. The number of carbonyl (C=O) groups is 1. The maximum Gasteiger partial charge on any atom is 0.416 e. The van der Waals surface area contributed by atoms with Gasteiger partial charge in [0.25, 0.3) is 0 Å². The number of allylic oxidation sites excluding steroid dienone is 1. The second-order valence-corrected chi connectivity index (χ2v) is 11.0. The number of hydrogen-bond donors (Lipinski definition) is 2. The van der Waals surface area contributed by atoms with Crippen LogP contribution in [0.2, 0.25) is 5.02 Å². The van der Waals surface area contributed by atoms with Gasteiger partial charge in [-0.15, -0.1) is 0 Å². The van der Waals surface area contributed by atoms with Crippen LogP contribution < -0.4 is 11.1 Å². The molecule has 0 saturated heterocycles. The standard InChI is InChI=1S/C31H22ClF5N4O2/c32-26-4-1-19(33)10-22(26)25-12-39-20(14-42)6-16-5-15(17-11-40-41(13-17)21-2-3-21)7-23(28(16)25)29-24(30(38)43)8-18(9-27(29)34)31(35,36)37/h1,4-5,7-11,13,21,25,39H,2-3,6,12H2,(H2,38,43). The molecule has 3 N–H and O–H groups in total. The molecule has 1 saturated carbocycles. The number of nitrogens with zero attached hydrogens (tertiary/aromatic N) is 2. The molecule has 0 bridgehead atoms. The summed E-state index contributed by atoms with van der Waals surface area (Å²) in [4.78, 5) is 24.4. The summed E-state index contributed by atoms with van der Waals surface area (Å²) in [5.74, 6) is -2.19. The summed E-state index contributed by atoms with van der Waals surface area (Å²) in [6, 6.07) is 8.07. The van der Waals surface area contributed by atoms with Gasteiger partial charge in [-0.25, -0.2) is 13.6 Å². The van der Waals surface area contributed by atoms with E-state index in [1.54, 1.807) is 29.2 Å². The highest BCUT2D eigenvalue weighted by atomic mass is 35.5. The third-order valence-corrected chi connectivity index (χ3v) is 8.11. The first-order chi connectivity index (χ1) is 20.4. The molecule has 6 nitrogen and oxygen atoms in total. The van der Waals surface area contributed by atoms with Crippen LogP contribution in [0.5, 0.6) is 0 Å². The summed E-state index contributed by atoms with van der Waals surface area (Å²) in [5.41, 5.74) is 5.43. The molecule has 12 heteroatoms. The van der Waals surface area contributed by atoms with Gasteiger partial charge in [-0.2, -0.15) is 18.3 Å². The van der Waals surface area contributed by atoms with E-state index in [1.807, 2.05) is 5.94 Å². The van der Waals surface area contributed by atoms with Crippen molar-refractivity contribution in [2.24, 2.45) is 5.73 Å². The average molecular weight is 613 g/mol. The topological polar surface area (TPSA) is 90.0 Å². The number of benzene rings is 3. The van der Waals surface area contributed by atoms with Crippen LogP contribution in [0.25, 0.3) is 22.3 Å². The fourth-order valence-corrected chi connectivity index (χ4v) is 5.86. The van der Waals surface area contributed by atoms with E-state index in [4.69, 9.17) is 17.3 Å². The molecule has 0 radical (unpaired) electrons. The number of aromatic nitrogens is 2. The van der Waals surface area contributed by atoms with Crippen LogP contribution in [0.1, 0.15) is 57.4 Å². The summed E-state index contributed by atoms with van der Waals surface area (Å²) in [6.45, 7) is -0.0130. The molecule has 1 atom stereocenters. The summed E-state index contributed by atoms with van der Waals surface area (Å²) in [5, 5.41) is 7.56. The Hall–Kier alpha value is -4.47. The van der Waals surface area contributed by atoms with Gasteiger partial charge in [0.05, 0.1) is 23.4 Å². The Morgan fingerprint density at radius 2 is 1.86 bits per heavy atom. The highest BCUT2D eigenvalue weighted by Gasteiger charge is 2.36. The molecule has 1 fully saturated rings. The predicted molar refractivity (Wildman–Crippen MR) is 149 cm³/mol. The lowest BCUT2D eigenvalue weighted by Crippen LogP contribution is -2.21. The van der Waals surface area contributed by atoms with Crippen LogP contribution >= 0.6 is 11.6 Å². The van der Waals surface area contributed by atoms with Crippen molar-refractivity contribution >= 4 is 23.4 Å². The van der Waals surface area contributed by atoms with Crippen LogP contribution in [0.3, 0.4) is 0 Å². The Labute approximate surface area is 247 Å². The molecular weight excluding hydrogens is 591 g/mol. The molecule has 2 heterocycles. The van der Waals surface area contributed by atoms with Crippen LogP contribution in [-0.4, -0.2) is 28.2 Å². The molecule has 6 rings (SSSR count). The first-order valence-corrected chi connectivity index (χ1v) is 13.7. The van der Waals surface area contributed by atoms with Gasteiger partial charge >= 0.3 is 6.18 Å². The summed E-state index contributed by atoms with van der Waals surface area (Å²) < 4.78 is 73.2. The molecule has 1 amide bonds. The molecule has 3 aromatic carbocycles. The average Bonchev–Trinajstić information content (AvgIpc) is 3.72. The van der Waals surface area contributed by atoms with E-state index in [9.17, 15) is 27.2 Å². The van der Waals surface area contributed by atoms with Crippen molar-refractivity contribution in [2.75, 3.05) is 6.54 Å². The Bertz CT molecular complexity index is 1840. The number of fused-ring (bicyclic) bond motifs is 1. The molecule has 1 unspecified atom stereocenters. The first kappa shape index (κ1) is 28.6. The fourth-order valence-electron chi connectivity index (χ4n) is 5.61. The number of hydrogen-bond acceptors (Lipinski definition) is 4. The maximum atomic E-state index is 15.9. The number of amides is 1. The Morgan fingerprint density at radius 3 is 2.53 bits per heavy atom. The van der Waals surface area contributed by atoms with Crippen molar-refractivity contribution in [3.05, 3.63) is 105 Å². The van der Waals surface area contributed by atoms with Crippen LogP contribution in [0, 0.1) is 11.6 Å². The minimum absolute atomic E-state index is 0.0130. The Kier molecular flexibility index (Phi) is 7.10. The van der Waals surface area contributed by atoms with Gasteiger partial charge < -0.3 is 11.1 Å². The van der Waals surface area contributed by atoms with Crippen molar-refractivity contribution < 1.29 is 31.5 Å². The second kappa shape index (κ2) is 10.7. The predicted octanol–water partition coefficient (Wildman–Crippen LogP) is 6.59. The van der Waals surface area contributed by atoms with Crippen molar-refractivity contribution in [1.82, 2.24) is 15.1 Å². The minimum atomic E-state index is -4.95. The zero-order valence-electron chi connectivity index (χ0n) is 22.2. The third-order valence-electron chi connectivity index (χ3n) is 7.77. The lowest BCUT2D eigenvalue weighted by Gasteiger charge is -2.25. The van der Waals surface area contributed by atoms with Gasteiger partial charge in [0.2, 0.25) is 5.91 Å². The van der Waals surface area contributed by atoms with Crippen LogP contribution in [-0.2, 0) is 17.4 Å². The van der Waals surface area contributed by atoms with Gasteiger partial charge in [0.1, 0.15) is 23.3 Å². The SMILES string of the molecule is NC(=O)c1cc(C(F)(F)F)cc(F)c1-c1cc(-c2cnn(C3CC3)c2)cc2c1C(c1cc(F)ccc1Cl)CNC(=C=O)C2. The van der Waals surface area contributed by atoms with Gasteiger partial charge in [-0.1, -0.05) is 17.7 Å². The van der Waals surface area contributed by atoms with Crippen molar-refractivity contribution in [3.8, 4) is 22.3 Å². The number of alkyl halides is 3.